The van der Waals surface area contributed by atoms with Gasteiger partial charge in [-0.25, -0.2) is 4.98 Å². The first-order chi connectivity index (χ1) is 12.7. The Morgan fingerprint density at radius 3 is 2.42 bits per heavy atom. The first-order valence-electron chi connectivity index (χ1n) is 8.55. The van der Waals surface area contributed by atoms with E-state index in [1.54, 1.807) is 6.21 Å². The number of benzene rings is 2. The largest absolute Gasteiger partial charge is 0.372 e. The van der Waals surface area contributed by atoms with Crippen molar-refractivity contribution < 1.29 is 0 Å². The Kier molecular flexibility index (Phi) is 6.26. The molecule has 2 aromatic carbocycles. The summed E-state index contributed by atoms with van der Waals surface area (Å²) < 4.78 is 0. The van der Waals surface area contributed by atoms with Gasteiger partial charge in [0.15, 0.2) is 0 Å². The van der Waals surface area contributed by atoms with Crippen molar-refractivity contribution in [2.24, 2.45) is 5.10 Å². The van der Waals surface area contributed by atoms with Crippen LogP contribution in [0.2, 0.25) is 5.02 Å². The van der Waals surface area contributed by atoms with Crippen molar-refractivity contribution >= 4 is 40.0 Å². The van der Waals surface area contributed by atoms with Gasteiger partial charge in [-0.3, -0.25) is 5.43 Å². The van der Waals surface area contributed by atoms with Gasteiger partial charge in [0.2, 0.25) is 5.13 Å². The Balaban J connectivity index is 1.61. The van der Waals surface area contributed by atoms with E-state index in [1.807, 2.05) is 29.6 Å². The lowest BCUT2D eigenvalue weighted by atomic mass is 10.2. The molecule has 3 rings (SSSR count). The van der Waals surface area contributed by atoms with Gasteiger partial charge in [0.05, 0.1) is 11.9 Å². The van der Waals surface area contributed by atoms with Crippen LogP contribution < -0.4 is 10.3 Å². The summed E-state index contributed by atoms with van der Waals surface area (Å²) in [6.07, 6.45) is 1.80. The lowest BCUT2D eigenvalue weighted by Crippen LogP contribution is -2.21. The zero-order chi connectivity index (χ0) is 18.4. The zero-order valence-electron chi connectivity index (χ0n) is 14.8. The van der Waals surface area contributed by atoms with Crippen LogP contribution in [-0.4, -0.2) is 24.3 Å². The summed E-state index contributed by atoms with van der Waals surface area (Å²) in [6.45, 7) is 6.33. The standard InChI is InChI=1S/C20H21ClN4S/c1-3-25(4-2)18-11-5-15(6-12-18)13-22-24-20-23-19(14-26-20)16-7-9-17(21)10-8-16/h5-14H,3-4H2,1-2H3,(H,23,24)/b22-13-. The minimum atomic E-state index is 0.721. The Morgan fingerprint density at radius 2 is 1.77 bits per heavy atom. The number of halogens is 1. The number of nitrogens with zero attached hydrogens (tertiary/aromatic N) is 3. The Morgan fingerprint density at radius 1 is 1.08 bits per heavy atom. The minimum absolute atomic E-state index is 0.721. The molecule has 134 valence electrons. The first kappa shape index (κ1) is 18.4. The molecule has 0 fully saturated rings. The molecule has 1 heterocycles. The molecule has 26 heavy (non-hydrogen) atoms. The van der Waals surface area contributed by atoms with E-state index in [2.05, 4.69) is 58.5 Å². The number of hydrogen-bond acceptors (Lipinski definition) is 5. The lowest BCUT2D eigenvalue weighted by Gasteiger charge is -2.20. The van der Waals surface area contributed by atoms with Crippen molar-refractivity contribution in [2.75, 3.05) is 23.4 Å². The van der Waals surface area contributed by atoms with Crippen molar-refractivity contribution in [1.82, 2.24) is 4.98 Å². The summed E-state index contributed by atoms with van der Waals surface area (Å²) >= 11 is 7.44. The Hall–Kier alpha value is -2.37. The highest BCUT2D eigenvalue weighted by molar-refractivity contribution is 7.14. The zero-order valence-corrected chi connectivity index (χ0v) is 16.4. The molecule has 0 bridgehead atoms. The van der Waals surface area contributed by atoms with Crippen LogP contribution in [0.1, 0.15) is 19.4 Å². The number of aromatic nitrogens is 1. The van der Waals surface area contributed by atoms with Gasteiger partial charge in [-0.2, -0.15) is 5.10 Å². The van der Waals surface area contributed by atoms with Gasteiger partial charge in [-0.15, -0.1) is 11.3 Å². The van der Waals surface area contributed by atoms with E-state index in [0.717, 1.165) is 40.1 Å². The molecule has 0 atom stereocenters. The van der Waals surface area contributed by atoms with E-state index in [0.29, 0.717) is 0 Å². The monoisotopic (exact) mass is 384 g/mol. The van der Waals surface area contributed by atoms with Crippen LogP contribution in [0.25, 0.3) is 11.3 Å². The van der Waals surface area contributed by atoms with Gasteiger partial charge in [0, 0.05) is 34.7 Å². The number of hydrogen-bond donors (Lipinski definition) is 1. The second kappa shape index (κ2) is 8.83. The Bertz CT molecular complexity index is 852. The predicted molar refractivity (Wildman–Crippen MR) is 114 cm³/mol. The number of thiazole rings is 1. The van der Waals surface area contributed by atoms with Crippen LogP contribution in [0.3, 0.4) is 0 Å². The van der Waals surface area contributed by atoms with E-state index in [4.69, 9.17) is 11.6 Å². The van der Waals surface area contributed by atoms with Crippen molar-refractivity contribution in [2.45, 2.75) is 13.8 Å². The fourth-order valence-electron chi connectivity index (χ4n) is 2.60. The van der Waals surface area contributed by atoms with Crippen molar-refractivity contribution in [3.05, 3.63) is 64.5 Å². The molecule has 0 aliphatic carbocycles. The van der Waals surface area contributed by atoms with E-state index >= 15 is 0 Å². The molecule has 1 N–H and O–H groups in total. The van der Waals surface area contributed by atoms with Crippen molar-refractivity contribution in [1.29, 1.82) is 0 Å². The molecule has 6 heteroatoms. The summed E-state index contributed by atoms with van der Waals surface area (Å²) in [7, 11) is 0. The molecule has 0 spiro atoms. The summed E-state index contributed by atoms with van der Waals surface area (Å²) in [6, 6.07) is 16.0. The van der Waals surface area contributed by atoms with Gasteiger partial charge in [-0.1, -0.05) is 35.9 Å². The third kappa shape index (κ3) is 4.62. The second-order valence-electron chi connectivity index (χ2n) is 5.68. The summed E-state index contributed by atoms with van der Waals surface area (Å²) in [5.41, 5.74) is 7.22. The quantitative estimate of drug-likeness (QED) is 0.416. The van der Waals surface area contributed by atoms with Crippen LogP contribution in [-0.2, 0) is 0 Å². The minimum Gasteiger partial charge on any atom is -0.372 e. The molecule has 0 radical (unpaired) electrons. The molecule has 0 aliphatic rings. The summed E-state index contributed by atoms with van der Waals surface area (Å²) in [4.78, 5) is 6.86. The summed E-state index contributed by atoms with van der Waals surface area (Å²) in [5, 5.41) is 7.76. The molecular formula is C20H21ClN4S. The number of hydrazone groups is 1. The molecule has 3 aromatic rings. The second-order valence-corrected chi connectivity index (χ2v) is 6.97. The van der Waals surface area contributed by atoms with Crippen molar-refractivity contribution in [3.63, 3.8) is 0 Å². The van der Waals surface area contributed by atoms with Crippen LogP contribution in [0, 0.1) is 0 Å². The van der Waals surface area contributed by atoms with Crippen LogP contribution in [0.4, 0.5) is 10.8 Å². The van der Waals surface area contributed by atoms with Gasteiger partial charge < -0.3 is 4.90 Å². The SMILES string of the molecule is CCN(CC)c1ccc(/C=N\Nc2nc(-c3ccc(Cl)cc3)cs2)cc1. The Labute approximate surface area is 163 Å². The third-order valence-corrected chi connectivity index (χ3v) is 5.04. The molecule has 0 saturated heterocycles. The number of nitrogens with one attached hydrogen (secondary N) is 1. The van der Waals surface area contributed by atoms with Gasteiger partial charge in [0.1, 0.15) is 0 Å². The molecule has 0 unspecified atom stereocenters. The maximum absolute atomic E-state index is 5.92. The van der Waals surface area contributed by atoms with E-state index in [9.17, 15) is 0 Å². The van der Waals surface area contributed by atoms with Gasteiger partial charge in [0.25, 0.3) is 0 Å². The van der Waals surface area contributed by atoms with E-state index < -0.39 is 0 Å². The van der Waals surface area contributed by atoms with Crippen LogP contribution >= 0.6 is 22.9 Å². The highest BCUT2D eigenvalue weighted by Crippen LogP contribution is 2.26. The molecule has 1 aromatic heterocycles. The smallest absolute Gasteiger partial charge is 0.203 e. The average molecular weight is 385 g/mol. The maximum atomic E-state index is 5.92. The predicted octanol–water partition coefficient (Wildman–Crippen LogP) is 5.76. The number of anilines is 2. The number of rotatable bonds is 7. The molecule has 0 saturated carbocycles. The highest BCUT2D eigenvalue weighted by atomic mass is 35.5. The van der Waals surface area contributed by atoms with E-state index in [1.165, 1.54) is 17.0 Å². The average Bonchev–Trinajstić information content (AvgIpc) is 3.13. The molecular weight excluding hydrogens is 364 g/mol. The molecule has 4 nitrogen and oxygen atoms in total. The lowest BCUT2D eigenvalue weighted by molar-refractivity contribution is 0.866. The first-order valence-corrected chi connectivity index (χ1v) is 9.81. The fourth-order valence-corrected chi connectivity index (χ4v) is 3.39. The summed E-state index contributed by atoms with van der Waals surface area (Å²) in [5.74, 6) is 0. The van der Waals surface area contributed by atoms with E-state index in [-0.39, 0.29) is 0 Å². The third-order valence-electron chi connectivity index (χ3n) is 4.04. The highest BCUT2D eigenvalue weighted by Gasteiger charge is 2.04. The normalized spacial score (nSPS) is 11.0. The van der Waals surface area contributed by atoms with Crippen LogP contribution in [0.15, 0.2) is 59.0 Å². The van der Waals surface area contributed by atoms with Crippen molar-refractivity contribution in [3.8, 4) is 11.3 Å². The topological polar surface area (TPSA) is 40.5 Å². The molecule has 0 aliphatic heterocycles. The molecule has 0 amide bonds. The van der Waals surface area contributed by atoms with Gasteiger partial charge >= 0.3 is 0 Å². The maximum Gasteiger partial charge on any atom is 0.203 e. The fraction of sp³-hybridized carbons (Fsp3) is 0.200. The van der Waals surface area contributed by atoms with Gasteiger partial charge in [-0.05, 0) is 43.7 Å². The van der Waals surface area contributed by atoms with Crippen LogP contribution in [0.5, 0.6) is 0 Å².